The number of thioether (sulfide) groups is 1. The Kier molecular flexibility index (Phi) is 7.34. The third-order valence-corrected chi connectivity index (χ3v) is 5.11. The molecule has 0 aromatic heterocycles. The number of amides is 1. The van der Waals surface area contributed by atoms with Gasteiger partial charge in [0.15, 0.2) is 0 Å². The van der Waals surface area contributed by atoms with Gasteiger partial charge >= 0.3 is 0 Å². The van der Waals surface area contributed by atoms with Gasteiger partial charge < -0.3 is 15.0 Å². The van der Waals surface area contributed by atoms with Gasteiger partial charge in [-0.15, -0.1) is 11.8 Å². The first kappa shape index (κ1) is 19.3. The summed E-state index contributed by atoms with van der Waals surface area (Å²) >= 11 is 1.57. The van der Waals surface area contributed by atoms with Crippen LogP contribution in [-0.4, -0.2) is 43.8 Å². The summed E-state index contributed by atoms with van der Waals surface area (Å²) in [6, 6.07) is 18.0. The summed E-state index contributed by atoms with van der Waals surface area (Å²) in [4.78, 5) is 15.7. The van der Waals surface area contributed by atoms with Crippen LogP contribution in [0, 0.1) is 0 Å². The Morgan fingerprint density at radius 3 is 2.52 bits per heavy atom. The predicted octanol–water partition coefficient (Wildman–Crippen LogP) is 3.59. The fourth-order valence-electron chi connectivity index (χ4n) is 2.55. The number of hydrogen-bond acceptors (Lipinski definition) is 4. The smallest absolute Gasteiger partial charge is 0.233 e. The lowest BCUT2D eigenvalue weighted by molar-refractivity contribution is -0.120. The second-order valence-electron chi connectivity index (χ2n) is 6.07. The summed E-state index contributed by atoms with van der Waals surface area (Å²) in [6.45, 7) is 2.49. The van der Waals surface area contributed by atoms with E-state index in [0.29, 0.717) is 6.54 Å². The number of carbonyl (C=O) groups is 1. The largest absolute Gasteiger partial charge is 0.497 e. The van der Waals surface area contributed by atoms with E-state index < -0.39 is 0 Å². The molecule has 0 spiro atoms. The van der Waals surface area contributed by atoms with Crippen molar-refractivity contribution in [2.24, 2.45) is 0 Å². The molecule has 4 nitrogen and oxygen atoms in total. The molecule has 2 aromatic carbocycles. The van der Waals surface area contributed by atoms with Crippen molar-refractivity contribution in [2.75, 3.05) is 27.7 Å². The second kappa shape index (κ2) is 9.49. The Labute approximate surface area is 154 Å². The molecule has 0 fully saturated rings. The van der Waals surface area contributed by atoms with Crippen molar-refractivity contribution in [3.63, 3.8) is 0 Å². The molecule has 0 radical (unpaired) electrons. The molecule has 0 bridgehead atoms. The van der Waals surface area contributed by atoms with Crippen molar-refractivity contribution in [1.82, 2.24) is 10.2 Å². The zero-order valence-corrected chi connectivity index (χ0v) is 16.0. The second-order valence-corrected chi connectivity index (χ2v) is 7.49. The van der Waals surface area contributed by atoms with E-state index in [9.17, 15) is 4.79 Å². The quantitative estimate of drug-likeness (QED) is 0.732. The SMILES string of the molecule is COc1cccc(C(CNC(=O)C(C)Sc2ccccc2)N(C)C)c1. The third-order valence-electron chi connectivity index (χ3n) is 4.00. The predicted molar refractivity (Wildman–Crippen MR) is 104 cm³/mol. The molecule has 0 saturated carbocycles. The lowest BCUT2D eigenvalue weighted by atomic mass is 10.1. The Morgan fingerprint density at radius 2 is 1.88 bits per heavy atom. The lowest BCUT2D eigenvalue weighted by Crippen LogP contribution is -2.38. The standard InChI is InChI=1S/C20H26N2O2S/c1-15(25-18-11-6-5-7-12-18)20(23)21-14-19(22(2)3)16-9-8-10-17(13-16)24-4/h5-13,15,19H,14H2,1-4H3,(H,21,23). The van der Waals surface area contributed by atoms with Crippen LogP contribution in [-0.2, 0) is 4.79 Å². The molecule has 2 atom stereocenters. The zero-order chi connectivity index (χ0) is 18.2. The molecular formula is C20H26N2O2S. The minimum absolute atomic E-state index is 0.0450. The maximum absolute atomic E-state index is 12.5. The molecule has 0 aliphatic rings. The van der Waals surface area contributed by atoms with Crippen molar-refractivity contribution in [3.8, 4) is 5.75 Å². The summed E-state index contributed by atoms with van der Waals surface area (Å²) in [5, 5.41) is 2.93. The number of nitrogens with one attached hydrogen (secondary N) is 1. The van der Waals surface area contributed by atoms with Gasteiger partial charge in [0.1, 0.15) is 5.75 Å². The summed E-state index contributed by atoms with van der Waals surface area (Å²) in [7, 11) is 5.69. The summed E-state index contributed by atoms with van der Waals surface area (Å²) in [5.74, 6) is 0.868. The van der Waals surface area contributed by atoms with Crippen LogP contribution in [0.1, 0.15) is 18.5 Å². The maximum Gasteiger partial charge on any atom is 0.233 e. The van der Waals surface area contributed by atoms with Gasteiger partial charge in [-0.3, -0.25) is 4.79 Å². The number of benzene rings is 2. The van der Waals surface area contributed by atoms with Crippen molar-refractivity contribution in [2.45, 2.75) is 23.1 Å². The fraction of sp³-hybridized carbons (Fsp3) is 0.350. The van der Waals surface area contributed by atoms with E-state index in [1.807, 2.05) is 69.6 Å². The molecule has 1 N–H and O–H groups in total. The third kappa shape index (κ3) is 5.80. The highest BCUT2D eigenvalue weighted by Gasteiger charge is 2.19. The molecule has 5 heteroatoms. The van der Waals surface area contributed by atoms with Gasteiger partial charge in [0.25, 0.3) is 0 Å². The molecule has 0 aliphatic heterocycles. The summed E-state index contributed by atoms with van der Waals surface area (Å²) in [5.41, 5.74) is 1.12. The fourth-order valence-corrected chi connectivity index (χ4v) is 3.46. The topological polar surface area (TPSA) is 41.6 Å². The average molecular weight is 359 g/mol. The number of likely N-dealkylation sites (N-methyl/N-ethyl adjacent to an activating group) is 1. The number of hydrogen-bond donors (Lipinski definition) is 1. The minimum atomic E-state index is -0.143. The molecule has 1 amide bonds. The van der Waals surface area contributed by atoms with Crippen LogP contribution >= 0.6 is 11.8 Å². The normalized spacial score (nSPS) is 13.3. The molecule has 0 aliphatic carbocycles. The van der Waals surface area contributed by atoms with Crippen LogP contribution in [0.4, 0.5) is 0 Å². The van der Waals surface area contributed by atoms with Gasteiger partial charge in [-0.05, 0) is 50.8 Å². The number of ether oxygens (including phenoxy) is 1. The van der Waals surface area contributed by atoms with Gasteiger partial charge in [-0.1, -0.05) is 30.3 Å². The molecule has 0 saturated heterocycles. The Bertz CT molecular complexity index is 676. The number of methoxy groups -OCH3 is 1. The Morgan fingerprint density at radius 1 is 1.16 bits per heavy atom. The highest BCUT2D eigenvalue weighted by molar-refractivity contribution is 8.00. The van der Waals surface area contributed by atoms with Crippen molar-refractivity contribution in [3.05, 3.63) is 60.2 Å². The van der Waals surface area contributed by atoms with E-state index >= 15 is 0 Å². The van der Waals surface area contributed by atoms with E-state index in [-0.39, 0.29) is 17.2 Å². The zero-order valence-electron chi connectivity index (χ0n) is 15.2. The summed E-state index contributed by atoms with van der Waals surface area (Å²) < 4.78 is 5.31. The van der Waals surface area contributed by atoms with Gasteiger partial charge in [0.05, 0.1) is 18.4 Å². The summed E-state index contributed by atoms with van der Waals surface area (Å²) in [6.07, 6.45) is 0. The number of carbonyl (C=O) groups excluding carboxylic acids is 1. The highest BCUT2D eigenvalue weighted by Crippen LogP contribution is 2.24. The lowest BCUT2D eigenvalue weighted by Gasteiger charge is -2.26. The molecule has 0 heterocycles. The van der Waals surface area contributed by atoms with Crippen LogP contribution in [0.15, 0.2) is 59.5 Å². The van der Waals surface area contributed by atoms with E-state index in [0.717, 1.165) is 16.2 Å². The maximum atomic E-state index is 12.5. The van der Waals surface area contributed by atoms with E-state index in [4.69, 9.17) is 4.74 Å². The number of rotatable bonds is 8. The van der Waals surface area contributed by atoms with Crippen molar-refractivity contribution in [1.29, 1.82) is 0 Å². The van der Waals surface area contributed by atoms with Crippen LogP contribution in [0.2, 0.25) is 0 Å². The van der Waals surface area contributed by atoms with E-state index in [1.54, 1.807) is 18.9 Å². The molecule has 2 unspecified atom stereocenters. The van der Waals surface area contributed by atoms with Gasteiger partial charge in [-0.2, -0.15) is 0 Å². The highest BCUT2D eigenvalue weighted by atomic mass is 32.2. The van der Waals surface area contributed by atoms with Crippen LogP contribution < -0.4 is 10.1 Å². The first-order valence-electron chi connectivity index (χ1n) is 8.31. The molecule has 2 aromatic rings. The first-order valence-corrected chi connectivity index (χ1v) is 9.19. The van der Waals surface area contributed by atoms with Crippen molar-refractivity contribution >= 4 is 17.7 Å². The van der Waals surface area contributed by atoms with E-state index in [2.05, 4.69) is 16.3 Å². The first-order chi connectivity index (χ1) is 12.0. The van der Waals surface area contributed by atoms with Crippen LogP contribution in [0.25, 0.3) is 0 Å². The monoisotopic (exact) mass is 358 g/mol. The average Bonchev–Trinajstić information content (AvgIpc) is 2.62. The number of nitrogens with zero attached hydrogens (tertiary/aromatic N) is 1. The van der Waals surface area contributed by atoms with Crippen LogP contribution in [0.5, 0.6) is 5.75 Å². The molecule has 134 valence electrons. The molecule has 2 rings (SSSR count). The van der Waals surface area contributed by atoms with Crippen molar-refractivity contribution < 1.29 is 9.53 Å². The van der Waals surface area contributed by atoms with Gasteiger partial charge in [0, 0.05) is 11.4 Å². The molecular weight excluding hydrogens is 332 g/mol. The van der Waals surface area contributed by atoms with Crippen LogP contribution in [0.3, 0.4) is 0 Å². The van der Waals surface area contributed by atoms with Gasteiger partial charge in [0.2, 0.25) is 5.91 Å². The van der Waals surface area contributed by atoms with E-state index in [1.165, 1.54) is 0 Å². The Hall–Kier alpha value is -1.98. The minimum Gasteiger partial charge on any atom is -0.497 e. The Balaban J connectivity index is 1.97. The van der Waals surface area contributed by atoms with Gasteiger partial charge in [-0.25, -0.2) is 0 Å². The molecule has 25 heavy (non-hydrogen) atoms.